The molecule has 0 saturated heterocycles. The zero-order valence-corrected chi connectivity index (χ0v) is 24.6. The summed E-state index contributed by atoms with van der Waals surface area (Å²) in [5.41, 5.74) is 2.87. The standard InChI is InChI=1S/C29H32ClF4N7O3/c1-17(2)6-5-9-23(28(44)37-13-18-7-3-4-8-20(18)39-16-42)40-15-38-21(12-25(40)43)26-22(11-10-19(30)27(26)31)41(36)14-24(35)29(32,33)34/h3-4,7-8,10-12,14-17,23H,5-6,9,13,35-36H2,1-2H3,(H,37,44)(H,39,42)/b24-14-. The van der Waals surface area contributed by atoms with Crippen LogP contribution in [0.25, 0.3) is 11.3 Å². The fourth-order valence-corrected chi connectivity index (χ4v) is 4.53. The van der Waals surface area contributed by atoms with Crippen LogP contribution < -0.4 is 32.8 Å². The summed E-state index contributed by atoms with van der Waals surface area (Å²) in [6.45, 7) is 4.09. The first kappa shape index (κ1) is 34.1. The number of amides is 2. The van der Waals surface area contributed by atoms with Gasteiger partial charge in [0.1, 0.15) is 11.7 Å². The van der Waals surface area contributed by atoms with Gasteiger partial charge >= 0.3 is 6.18 Å². The van der Waals surface area contributed by atoms with Crippen LogP contribution in [0.2, 0.25) is 5.02 Å². The first-order valence-corrected chi connectivity index (χ1v) is 13.8. The maximum atomic E-state index is 15.3. The molecule has 0 bridgehead atoms. The van der Waals surface area contributed by atoms with Crippen molar-refractivity contribution in [2.45, 2.75) is 51.9 Å². The van der Waals surface area contributed by atoms with Gasteiger partial charge in [0.15, 0.2) is 5.82 Å². The number of hydrazine groups is 1. The van der Waals surface area contributed by atoms with Crippen molar-refractivity contribution in [1.82, 2.24) is 14.9 Å². The highest BCUT2D eigenvalue weighted by molar-refractivity contribution is 6.31. The Hall–Kier alpha value is -4.43. The van der Waals surface area contributed by atoms with Crippen molar-refractivity contribution >= 4 is 35.3 Å². The van der Waals surface area contributed by atoms with Crippen LogP contribution in [0.3, 0.4) is 0 Å². The minimum absolute atomic E-state index is 0.0504. The molecule has 0 aliphatic carbocycles. The number of halogens is 5. The maximum absolute atomic E-state index is 15.3. The minimum Gasteiger partial charge on any atom is -0.393 e. The number of rotatable bonds is 13. The number of nitrogens with two attached hydrogens (primary N) is 2. The summed E-state index contributed by atoms with van der Waals surface area (Å²) in [7, 11) is 0. The summed E-state index contributed by atoms with van der Waals surface area (Å²) in [4.78, 5) is 41.9. The molecule has 0 saturated carbocycles. The molecule has 3 aromatic rings. The average Bonchev–Trinajstić information content (AvgIpc) is 2.95. The number of allylic oxidation sites excluding steroid dienone is 1. The second-order valence-electron chi connectivity index (χ2n) is 10.2. The average molecular weight is 638 g/mol. The van der Waals surface area contributed by atoms with Crippen molar-refractivity contribution in [3.63, 3.8) is 0 Å². The van der Waals surface area contributed by atoms with Crippen molar-refractivity contribution in [2.24, 2.45) is 17.5 Å². The lowest BCUT2D eigenvalue weighted by Crippen LogP contribution is -2.37. The van der Waals surface area contributed by atoms with Crippen molar-refractivity contribution in [2.75, 3.05) is 10.3 Å². The third-order valence-corrected chi connectivity index (χ3v) is 6.92. The molecular weight excluding hydrogens is 606 g/mol. The highest BCUT2D eigenvalue weighted by Crippen LogP contribution is 2.35. The second kappa shape index (κ2) is 14.8. The van der Waals surface area contributed by atoms with Crippen LogP contribution in [0.1, 0.15) is 44.7 Å². The van der Waals surface area contributed by atoms with E-state index in [2.05, 4.69) is 15.6 Å². The van der Waals surface area contributed by atoms with E-state index in [9.17, 15) is 27.6 Å². The molecule has 0 spiro atoms. The molecule has 44 heavy (non-hydrogen) atoms. The van der Waals surface area contributed by atoms with E-state index in [0.29, 0.717) is 41.2 Å². The van der Waals surface area contributed by atoms with Gasteiger partial charge in [-0.05, 0) is 36.1 Å². The molecule has 3 rings (SSSR count). The molecule has 0 aliphatic heterocycles. The van der Waals surface area contributed by atoms with Gasteiger partial charge in [-0.2, -0.15) is 13.2 Å². The third-order valence-electron chi connectivity index (χ3n) is 6.63. The molecule has 1 heterocycles. The lowest BCUT2D eigenvalue weighted by atomic mass is 10.0. The van der Waals surface area contributed by atoms with Gasteiger partial charge in [-0.1, -0.05) is 56.5 Å². The van der Waals surface area contributed by atoms with Crippen molar-refractivity contribution < 1.29 is 27.2 Å². The summed E-state index contributed by atoms with van der Waals surface area (Å²) in [6.07, 6.45) is -1.34. The van der Waals surface area contributed by atoms with Crippen LogP contribution >= 0.6 is 11.6 Å². The number of hydrogen-bond acceptors (Lipinski definition) is 7. The van der Waals surface area contributed by atoms with Crippen LogP contribution in [0, 0.1) is 11.7 Å². The fourth-order valence-electron chi connectivity index (χ4n) is 4.37. The molecular formula is C29H32ClF4N7O3. The highest BCUT2D eigenvalue weighted by atomic mass is 35.5. The van der Waals surface area contributed by atoms with E-state index in [1.165, 1.54) is 0 Å². The molecule has 10 nitrogen and oxygen atoms in total. The fraction of sp³-hybridized carbons (Fsp3) is 0.310. The summed E-state index contributed by atoms with van der Waals surface area (Å²) >= 11 is 5.94. The summed E-state index contributed by atoms with van der Waals surface area (Å²) < 4.78 is 55.3. The zero-order chi connectivity index (χ0) is 32.6. The van der Waals surface area contributed by atoms with Gasteiger partial charge in [-0.25, -0.2) is 15.2 Å². The van der Waals surface area contributed by atoms with Crippen molar-refractivity contribution in [3.05, 3.63) is 87.4 Å². The maximum Gasteiger partial charge on any atom is 0.432 e. The van der Waals surface area contributed by atoms with E-state index in [1.54, 1.807) is 24.3 Å². The minimum atomic E-state index is -4.90. The number of hydrogen-bond donors (Lipinski definition) is 4. The Labute approximate surface area is 255 Å². The highest BCUT2D eigenvalue weighted by Gasteiger charge is 2.32. The number of nitrogens with zero attached hydrogens (tertiary/aromatic N) is 3. The second-order valence-corrected chi connectivity index (χ2v) is 10.6. The van der Waals surface area contributed by atoms with Crippen LogP contribution in [0.5, 0.6) is 0 Å². The quantitative estimate of drug-likeness (QED) is 0.0892. The van der Waals surface area contributed by atoms with Crippen LogP contribution in [0.15, 0.2) is 65.5 Å². The van der Waals surface area contributed by atoms with E-state index in [1.807, 2.05) is 13.8 Å². The molecule has 6 N–H and O–H groups in total. The van der Waals surface area contributed by atoms with Crippen LogP contribution in [-0.4, -0.2) is 28.0 Å². The van der Waals surface area contributed by atoms with Gasteiger partial charge in [0.25, 0.3) is 5.56 Å². The van der Waals surface area contributed by atoms with Crippen LogP contribution in [0.4, 0.5) is 28.9 Å². The van der Waals surface area contributed by atoms with Crippen molar-refractivity contribution in [1.29, 1.82) is 0 Å². The molecule has 1 atom stereocenters. The third kappa shape index (κ3) is 8.57. The molecule has 0 aliphatic rings. The number of aromatic nitrogens is 2. The molecule has 1 unspecified atom stereocenters. The molecule has 2 amide bonds. The Morgan fingerprint density at radius 3 is 2.52 bits per heavy atom. The Morgan fingerprint density at radius 2 is 1.89 bits per heavy atom. The Morgan fingerprint density at radius 1 is 1.18 bits per heavy atom. The van der Waals surface area contributed by atoms with Gasteiger partial charge in [0, 0.05) is 24.5 Å². The number of anilines is 2. The monoisotopic (exact) mass is 637 g/mol. The number of carbonyl (C=O) groups is 2. The SMILES string of the molecule is CC(C)CCCC(C(=O)NCc1ccccc1NC=O)n1cnc(-c2c(N(N)/C=C(\N)C(F)(F)F)ccc(Cl)c2F)cc1=O. The van der Waals surface area contributed by atoms with E-state index in [4.69, 9.17) is 23.2 Å². The normalized spacial score (nSPS) is 12.6. The number of carbonyl (C=O) groups excluding carboxylic acids is 2. The van der Waals surface area contributed by atoms with Crippen molar-refractivity contribution in [3.8, 4) is 11.3 Å². The van der Waals surface area contributed by atoms with E-state index < -0.39 is 45.8 Å². The van der Waals surface area contributed by atoms with Gasteiger partial charge in [-0.15, -0.1) is 0 Å². The molecule has 0 radical (unpaired) electrons. The predicted octanol–water partition coefficient (Wildman–Crippen LogP) is 5.00. The zero-order valence-electron chi connectivity index (χ0n) is 23.9. The summed E-state index contributed by atoms with van der Waals surface area (Å²) in [6, 6.07) is 9.01. The predicted molar refractivity (Wildman–Crippen MR) is 160 cm³/mol. The molecule has 1 aromatic heterocycles. The molecule has 2 aromatic carbocycles. The lowest BCUT2D eigenvalue weighted by molar-refractivity contribution is -0.124. The Balaban J connectivity index is 2.00. The van der Waals surface area contributed by atoms with E-state index >= 15 is 4.39 Å². The molecule has 15 heteroatoms. The number of para-hydroxylation sites is 1. The summed E-state index contributed by atoms with van der Waals surface area (Å²) in [5, 5.41) is 5.40. The largest absolute Gasteiger partial charge is 0.432 e. The van der Waals surface area contributed by atoms with Gasteiger partial charge in [0.05, 0.1) is 28.3 Å². The van der Waals surface area contributed by atoms with Gasteiger partial charge in [0.2, 0.25) is 12.3 Å². The number of alkyl halides is 3. The first-order valence-electron chi connectivity index (χ1n) is 13.4. The first-order chi connectivity index (χ1) is 20.7. The smallest absolute Gasteiger partial charge is 0.393 e. The lowest BCUT2D eigenvalue weighted by Gasteiger charge is -2.22. The molecule has 0 fully saturated rings. The van der Waals surface area contributed by atoms with Gasteiger partial charge < -0.3 is 16.4 Å². The van der Waals surface area contributed by atoms with Gasteiger partial charge in [-0.3, -0.25) is 24.0 Å². The van der Waals surface area contributed by atoms with E-state index in [0.717, 1.165) is 35.5 Å². The molecule has 236 valence electrons. The topological polar surface area (TPSA) is 148 Å². The van der Waals surface area contributed by atoms with Crippen LogP contribution in [-0.2, 0) is 16.1 Å². The van der Waals surface area contributed by atoms with E-state index in [-0.39, 0.29) is 24.3 Å². The summed E-state index contributed by atoms with van der Waals surface area (Å²) in [5.74, 6) is 4.53. The number of nitrogens with one attached hydrogen (secondary N) is 2. The Kier molecular flexibility index (Phi) is 11.5. The Bertz CT molecular complexity index is 1580. The number of benzene rings is 2.